The van der Waals surface area contributed by atoms with Gasteiger partial charge in [-0.15, -0.1) is 0 Å². The minimum Gasteiger partial charge on any atom is -0.486 e. The van der Waals surface area contributed by atoms with Crippen molar-refractivity contribution in [3.05, 3.63) is 40.1 Å². The average Bonchev–Trinajstić information content (AvgIpc) is 2.64. The average molecular weight is 314 g/mol. The van der Waals surface area contributed by atoms with Crippen molar-refractivity contribution >= 4 is 15.9 Å². The maximum Gasteiger partial charge on any atom is 0.213 e. The van der Waals surface area contributed by atoms with Gasteiger partial charge in [0.15, 0.2) is 0 Å². The normalized spacial score (nSPS) is 10.7. The summed E-state index contributed by atoms with van der Waals surface area (Å²) in [5.74, 6) is 0.0138. The summed E-state index contributed by atoms with van der Waals surface area (Å²) in [5.41, 5.74) is 1.93. The molecule has 0 saturated heterocycles. The third-order valence-corrected chi connectivity index (χ3v) is 3.49. The van der Waals surface area contributed by atoms with Gasteiger partial charge in [0, 0.05) is 7.05 Å². The fourth-order valence-corrected chi connectivity index (χ4v) is 2.31. The van der Waals surface area contributed by atoms with Crippen molar-refractivity contribution in [3.63, 3.8) is 0 Å². The molecule has 2 aromatic rings. The molecule has 96 valence electrons. The Morgan fingerprint density at radius 2 is 2.22 bits per heavy atom. The van der Waals surface area contributed by atoms with Crippen molar-refractivity contribution < 1.29 is 9.13 Å². The molecule has 0 radical (unpaired) electrons. The smallest absolute Gasteiger partial charge is 0.213 e. The van der Waals surface area contributed by atoms with Crippen LogP contribution in [0.15, 0.2) is 22.8 Å². The predicted octanol–water partition coefficient (Wildman–Crippen LogP) is 2.86. The van der Waals surface area contributed by atoms with Crippen LogP contribution in [0.3, 0.4) is 0 Å². The zero-order chi connectivity index (χ0) is 13.1. The molecule has 18 heavy (non-hydrogen) atoms. The first-order valence-electron chi connectivity index (χ1n) is 5.56. The fraction of sp³-hybridized carbons (Fsp3) is 0.333. The Hall–Kier alpha value is -1.43. The molecule has 0 aromatic carbocycles. The number of rotatable bonds is 4. The summed E-state index contributed by atoms with van der Waals surface area (Å²) in [4.78, 5) is 3.53. The van der Waals surface area contributed by atoms with E-state index < -0.39 is 5.95 Å². The van der Waals surface area contributed by atoms with Crippen LogP contribution in [0.2, 0.25) is 0 Å². The summed E-state index contributed by atoms with van der Waals surface area (Å²) >= 11 is 3.51. The van der Waals surface area contributed by atoms with E-state index in [1.807, 2.05) is 14.0 Å². The Morgan fingerprint density at radius 3 is 2.78 bits per heavy atom. The van der Waals surface area contributed by atoms with Crippen LogP contribution in [0.25, 0.3) is 0 Å². The van der Waals surface area contributed by atoms with Gasteiger partial charge in [0.05, 0.1) is 22.1 Å². The Labute approximate surface area is 113 Å². The molecule has 0 aliphatic heterocycles. The summed E-state index contributed by atoms with van der Waals surface area (Å²) in [5, 5.41) is 4.37. The molecule has 0 amide bonds. The highest BCUT2D eigenvalue weighted by atomic mass is 79.9. The van der Waals surface area contributed by atoms with Crippen molar-refractivity contribution in [1.29, 1.82) is 0 Å². The molecule has 0 saturated carbocycles. The second kappa shape index (κ2) is 5.48. The molecule has 2 rings (SSSR count). The third-order valence-electron chi connectivity index (χ3n) is 2.58. The van der Waals surface area contributed by atoms with Crippen LogP contribution in [0.4, 0.5) is 4.39 Å². The maximum atomic E-state index is 12.6. The summed E-state index contributed by atoms with van der Waals surface area (Å²) in [6, 6.07) is 2.82. The molecular weight excluding hydrogens is 301 g/mol. The van der Waals surface area contributed by atoms with E-state index >= 15 is 0 Å². The second-order valence-electron chi connectivity index (χ2n) is 3.79. The van der Waals surface area contributed by atoms with Gasteiger partial charge in [-0.25, -0.2) is 4.98 Å². The number of aromatic nitrogens is 3. The fourth-order valence-electron chi connectivity index (χ4n) is 1.58. The Morgan fingerprint density at radius 1 is 1.44 bits per heavy atom. The van der Waals surface area contributed by atoms with Gasteiger partial charge in [-0.2, -0.15) is 9.49 Å². The highest BCUT2D eigenvalue weighted by Crippen LogP contribution is 2.23. The van der Waals surface area contributed by atoms with Crippen LogP contribution in [0.1, 0.15) is 18.3 Å². The zero-order valence-corrected chi connectivity index (χ0v) is 11.7. The minimum absolute atomic E-state index is 0.359. The molecule has 0 atom stereocenters. The molecule has 0 aliphatic rings. The molecule has 2 aromatic heterocycles. The summed E-state index contributed by atoms with van der Waals surface area (Å²) in [6.07, 6.45) is 2.22. The largest absolute Gasteiger partial charge is 0.486 e. The first-order chi connectivity index (χ1) is 8.61. The lowest BCUT2D eigenvalue weighted by Gasteiger charge is -2.06. The Kier molecular flexibility index (Phi) is 3.96. The number of halogens is 2. The quantitative estimate of drug-likeness (QED) is 0.815. The molecule has 0 N–H and O–H groups in total. The van der Waals surface area contributed by atoms with Crippen molar-refractivity contribution in [2.75, 3.05) is 0 Å². The highest BCUT2D eigenvalue weighted by Gasteiger charge is 2.12. The Bertz CT molecular complexity index is 539. The molecule has 0 aliphatic carbocycles. The van der Waals surface area contributed by atoms with Crippen LogP contribution in [0.5, 0.6) is 5.75 Å². The van der Waals surface area contributed by atoms with Gasteiger partial charge in [0.2, 0.25) is 5.95 Å². The number of pyridine rings is 1. The Balaban J connectivity index is 2.10. The van der Waals surface area contributed by atoms with E-state index in [9.17, 15) is 4.39 Å². The summed E-state index contributed by atoms with van der Waals surface area (Å²) in [7, 11) is 1.87. The van der Waals surface area contributed by atoms with Crippen LogP contribution in [-0.4, -0.2) is 14.8 Å². The van der Waals surface area contributed by atoms with Crippen LogP contribution in [0, 0.1) is 5.95 Å². The van der Waals surface area contributed by atoms with Crippen LogP contribution in [-0.2, 0) is 20.1 Å². The van der Waals surface area contributed by atoms with Gasteiger partial charge in [0.1, 0.15) is 12.4 Å². The van der Waals surface area contributed by atoms with Gasteiger partial charge >= 0.3 is 0 Å². The minimum atomic E-state index is -0.516. The van der Waals surface area contributed by atoms with Gasteiger partial charge < -0.3 is 4.74 Å². The summed E-state index contributed by atoms with van der Waals surface area (Å²) in [6.45, 7) is 2.40. The van der Waals surface area contributed by atoms with Gasteiger partial charge in [0.25, 0.3) is 0 Å². The van der Waals surface area contributed by atoms with E-state index in [0.717, 1.165) is 22.3 Å². The number of hydrogen-bond acceptors (Lipinski definition) is 3. The van der Waals surface area contributed by atoms with Gasteiger partial charge in [-0.3, -0.25) is 4.68 Å². The SMILES string of the molecule is CCc1nn(C)c(COc2ccc(F)nc2)c1Br. The number of hydrogen-bond donors (Lipinski definition) is 0. The van der Waals surface area contributed by atoms with Crippen LogP contribution < -0.4 is 4.74 Å². The highest BCUT2D eigenvalue weighted by molar-refractivity contribution is 9.10. The monoisotopic (exact) mass is 313 g/mol. The molecule has 4 nitrogen and oxygen atoms in total. The second-order valence-corrected chi connectivity index (χ2v) is 4.58. The first-order valence-corrected chi connectivity index (χ1v) is 6.35. The lowest BCUT2D eigenvalue weighted by atomic mass is 10.3. The van der Waals surface area contributed by atoms with Gasteiger partial charge in [-0.05, 0) is 34.5 Å². The lowest BCUT2D eigenvalue weighted by molar-refractivity contribution is 0.292. The molecule has 6 heteroatoms. The molecule has 0 bridgehead atoms. The number of aryl methyl sites for hydroxylation is 2. The number of nitrogens with zero attached hydrogens (tertiary/aromatic N) is 3. The van der Waals surface area contributed by atoms with E-state index in [4.69, 9.17) is 4.74 Å². The van der Waals surface area contributed by atoms with E-state index in [1.54, 1.807) is 10.7 Å². The van der Waals surface area contributed by atoms with Crippen molar-refractivity contribution in [2.24, 2.45) is 7.05 Å². The molecule has 2 heterocycles. The van der Waals surface area contributed by atoms with Crippen molar-refractivity contribution in [1.82, 2.24) is 14.8 Å². The molecular formula is C12H13BrFN3O. The topological polar surface area (TPSA) is 39.9 Å². The maximum absolute atomic E-state index is 12.6. The van der Waals surface area contributed by atoms with Crippen LogP contribution >= 0.6 is 15.9 Å². The standard InChI is InChI=1S/C12H13BrFN3O/c1-3-9-12(13)10(17(2)16-9)7-18-8-4-5-11(14)15-6-8/h4-6H,3,7H2,1-2H3. The van der Waals surface area contributed by atoms with Gasteiger partial charge in [-0.1, -0.05) is 6.92 Å². The number of ether oxygens (including phenoxy) is 1. The predicted molar refractivity (Wildman–Crippen MR) is 68.8 cm³/mol. The van der Waals surface area contributed by atoms with Crippen molar-refractivity contribution in [2.45, 2.75) is 20.0 Å². The molecule has 0 fully saturated rings. The lowest BCUT2D eigenvalue weighted by Crippen LogP contribution is -2.04. The molecule has 0 unspecified atom stereocenters. The van der Waals surface area contributed by atoms with E-state index in [-0.39, 0.29) is 0 Å². The van der Waals surface area contributed by atoms with E-state index in [1.165, 1.54) is 12.3 Å². The van der Waals surface area contributed by atoms with Crippen molar-refractivity contribution in [3.8, 4) is 5.75 Å². The third kappa shape index (κ3) is 2.69. The molecule has 0 spiro atoms. The van der Waals surface area contributed by atoms with E-state index in [0.29, 0.717) is 12.4 Å². The van der Waals surface area contributed by atoms with E-state index in [2.05, 4.69) is 26.0 Å². The summed E-state index contributed by atoms with van der Waals surface area (Å²) < 4.78 is 20.9. The zero-order valence-electron chi connectivity index (χ0n) is 10.2. The first kappa shape index (κ1) is 13.0.